The van der Waals surface area contributed by atoms with Crippen molar-refractivity contribution in [2.24, 2.45) is 0 Å². The van der Waals surface area contributed by atoms with E-state index in [1.165, 1.54) is 7.11 Å². The van der Waals surface area contributed by atoms with Gasteiger partial charge >= 0.3 is 5.97 Å². The SMILES string of the molecule is COC(=O)c1cccc2oc(-c3cccc4oc(-c5c(C)cccc5OCc5ccccc5)nc34)nc12. The monoisotopic (exact) mass is 490 g/mol. The Morgan fingerprint density at radius 1 is 0.784 bits per heavy atom. The Labute approximate surface area is 212 Å². The van der Waals surface area contributed by atoms with E-state index in [4.69, 9.17) is 23.3 Å². The average molecular weight is 491 g/mol. The van der Waals surface area contributed by atoms with Gasteiger partial charge in [0.2, 0.25) is 11.8 Å². The van der Waals surface area contributed by atoms with E-state index in [9.17, 15) is 4.79 Å². The fourth-order valence-corrected chi connectivity index (χ4v) is 4.34. The third-order valence-corrected chi connectivity index (χ3v) is 6.16. The maximum atomic E-state index is 12.2. The number of carbonyl (C=O) groups is 1. The predicted octanol–water partition coefficient (Wildman–Crippen LogP) is 6.98. The number of oxazole rings is 2. The molecule has 0 aliphatic rings. The maximum absolute atomic E-state index is 12.2. The molecule has 0 saturated carbocycles. The minimum atomic E-state index is -0.477. The van der Waals surface area contributed by atoms with Gasteiger partial charge in [0.25, 0.3) is 0 Å². The van der Waals surface area contributed by atoms with Crippen LogP contribution in [0.3, 0.4) is 0 Å². The summed E-state index contributed by atoms with van der Waals surface area (Å²) in [6.07, 6.45) is 0. The maximum Gasteiger partial charge on any atom is 0.340 e. The van der Waals surface area contributed by atoms with E-state index < -0.39 is 5.97 Å². The molecular weight excluding hydrogens is 468 g/mol. The molecule has 37 heavy (non-hydrogen) atoms. The summed E-state index contributed by atoms with van der Waals surface area (Å²) in [5.41, 5.74) is 5.91. The molecule has 0 aliphatic heterocycles. The van der Waals surface area contributed by atoms with Crippen LogP contribution in [0.4, 0.5) is 0 Å². The predicted molar refractivity (Wildman–Crippen MR) is 139 cm³/mol. The summed E-state index contributed by atoms with van der Waals surface area (Å²) in [5, 5.41) is 0. The molecule has 6 rings (SSSR count). The van der Waals surface area contributed by atoms with Crippen LogP contribution >= 0.6 is 0 Å². The molecule has 2 aromatic heterocycles. The first kappa shape index (κ1) is 22.5. The first-order chi connectivity index (χ1) is 18.1. The molecule has 0 fully saturated rings. The molecule has 0 radical (unpaired) electrons. The minimum absolute atomic E-state index is 0.335. The van der Waals surface area contributed by atoms with Crippen LogP contribution in [0, 0.1) is 6.92 Å². The fourth-order valence-electron chi connectivity index (χ4n) is 4.34. The zero-order valence-electron chi connectivity index (χ0n) is 20.2. The van der Waals surface area contributed by atoms with Crippen molar-refractivity contribution >= 4 is 28.2 Å². The standard InChI is InChI=1S/C30H22N2O5/c1-18-9-6-14-22(35-17-19-10-4-3-5-11-19)25(18)29-32-26-20(12-7-15-23(26)37-29)28-31-27-21(30(33)34-2)13-8-16-24(27)36-28/h3-16H,17H2,1-2H3. The minimum Gasteiger partial charge on any atom is -0.488 e. The molecule has 182 valence electrons. The number of fused-ring (bicyclic) bond motifs is 2. The smallest absolute Gasteiger partial charge is 0.340 e. The highest BCUT2D eigenvalue weighted by molar-refractivity contribution is 6.02. The second kappa shape index (κ2) is 9.28. The number of nitrogens with zero attached hydrogens (tertiary/aromatic N) is 2. The summed E-state index contributed by atoms with van der Waals surface area (Å²) in [7, 11) is 1.34. The van der Waals surface area contributed by atoms with Crippen LogP contribution in [-0.4, -0.2) is 23.0 Å². The number of benzene rings is 4. The van der Waals surface area contributed by atoms with Gasteiger partial charge in [0.05, 0.1) is 23.8 Å². The molecule has 0 bridgehead atoms. The topological polar surface area (TPSA) is 87.6 Å². The van der Waals surface area contributed by atoms with Gasteiger partial charge in [-0.15, -0.1) is 0 Å². The summed E-state index contributed by atoms with van der Waals surface area (Å²) < 4.78 is 23.3. The number of aromatic nitrogens is 2. The summed E-state index contributed by atoms with van der Waals surface area (Å²) in [6.45, 7) is 2.42. The van der Waals surface area contributed by atoms with Crippen molar-refractivity contribution in [1.82, 2.24) is 9.97 Å². The summed E-state index contributed by atoms with van der Waals surface area (Å²) in [5.74, 6) is 0.980. The number of methoxy groups -OCH3 is 1. The number of rotatable bonds is 6. The Morgan fingerprint density at radius 3 is 2.30 bits per heavy atom. The highest BCUT2D eigenvalue weighted by Gasteiger charge is 2.22. The number of carbonyl (C=O) groups excluding carboxylic acids is 1. The Bertz CT molecular complexity index is 1750. The molecule has 0 N–H and O–H groups in total. The number of para-hydroxylation sites is 2. The van der Waals surface area contributed by atoms with E-state index >= 15 is 0 Å². The van der Waals surface area contributed by atoms with Crippen LogP contribution in [0.5, 0.6) is 5.75 Å². The number of ether oxygens (including phenoxy) is 2. The Hall–Kier alpha value is -4.91. The Morgan fingerprint density at radius 2 is 1.49 bits per heavy atom. The highest BCUT2D eigenvalue weighted by atomic mass is 16.5. The first-order valence-electron chi connectivity index (χ1n) is 11.8. The molecule has 2 heterocycles. The zero-order chi connectivity index (χ0) is 25.4. The van der Waals surface area contributed by atoms with Crippen molar-refractivity contribution in [2.45, 2.75) is 13.5 Å². The van der Waals surface area contributed by atoms with Gasteiger partial charge in [-0.25, -0.2) is 14.8 Å². The number of hydrogen-bond donors (Lipinski definition) is 0. The van der Waals surface area contributed by atoms with Crippen molar-refractivity contribution in [3.05, 3.63) is 102 Å². The van der Waals surface area contributed by atoms with Crippen LogP contribution in [-0.2, 0) is 11.3 Å². The molecule has 0 saturated heterocycles. The lowest BCUT2D eigenvalue weighted by Gasteiger charge is -2.11. The lowest BCUT2D eigenvalue weighted by Crippen LogP contribution is -2.01. The quantitative estimate of drug-likeness (QED) is 0.233. The van der Waals surface area contributed by atoms with Gasteiger partial charge in [-0.3, -0.25) is 0 Å². The van der Waals surface area contributed by atoms with E-state index in [2.05, 4.69) is 4.98 Å². The van der Waals surface area contributed by atoms with Crippen LogP contribution in [0.1, 0.15) is 21.5 Å². The number of aryl methyl sites for hydroxylation is 1. The largest absolute Gasteiger partial charge is 0.488 e. The number of esters is 1. The number of hydrogen-bond acceptors (Lipinski definition) is 7. The van der Waals surface area contributed by atoms with E-state index in [0.29, 0.717) is 57.5 Å². The molecule has 7 heteroatoms. The molecule has 0 aliphatic carbocycles. The van der Waals surface area contributed by atoms with Gasteiger partial charge in [-0.1, -0.05) is 54.6 Å². The van der Waals surface area contributed by atoms with E-state index in [1.54, 1.807) is 18.2 Å². The van der Waals surface area contributed by atoms with Gasteiger partial charge in [0.1, 0.15) is 23.4 Å². The van der Waals surface area contributed by atoms with Gasteiger partial charge in [-0.05, 0) is 48.4 Å². The van der Waals surface area contributed by atoms with Crippen molar-refractivity contribution in [3.8, 4) is 28.7 Å². The fraction of sp³-hybridized carbons (Fsp3) is 0.100. The second-order valence-corrected chi connectivity index (χ2v) is 8.56. The molecule has 0 amide bonds. The van der Waals surface area contributed by atoms with Gasteiger partial charge in [-0.2, -0.15) is 0 Å². The first-order valence-corrected chi connectivity index (χ1v) is 11.8. The van der Waals surface area contributed by atoms with Crippen molar-refractivity contribution in [2.75, 3.05) is 7.11 Å². The molecule has 0 spiro atoms. The lowest BCUT2D eigenvalue weighted by atomic mass is 10.1. The third kappa shape index (κ3) is 4.10. The molecular formula is C30H22N2O5. The van der Waals surface area contributed by atoms with Crippen LogP contribution in [0.2, 0.25) is 0 Å². The van der Waals surface area contributed by atoms with Crippen molar-refractivity contribution < 1.29 is 23.1 Å². The van der Waals surface area contributed by atoms with Crippen molar-refractivity contribution in [3.63, 3.8) is 0 Å². The van der Waals surface area contributed by atoms with Crippen LogP contribution in [0.15, 0.2) is 93.8 Å². The van der Waals surface area contributed by atoms with Crippen molar-refractivity contribution in [1.29, 1.82) is 0 Å². The van der Waals surface area contributed by atoms with Gasteiger partial charge in [0.15, 0.2) is 11.2 Å². The second-order valence-electron chi connectivity index (χ2n) is 8.56. The average Bonchev–Trinajstić information content (AvgIpc) is 3.56. The van der Waals surface area contributed by atoms with Gasteiger partial charge in [0, 0.05) is 0 Å². The highest BCUT2D eigenvalue weighted by Crippen LogP contribution is 2.38. The Kier molecular flexibility index (Phi) is 5.65. The van der Waals surface area contributed by atoms with Crippen LogP contribution in [0.25, 0.3) is 45.1 Å². The zero-order valence-corrected chi connectivity index (χ0v) is 20.2. The lowest BCUT2D eigenvalue weighted by molar-refractivity contribution is 0.0602. The summed E-state index contributed by atoms with van der Waals surface area (Å²) >= 11 is 0. The van der Waals surface area contributed by atoms with Crippen LogP contribution < -0.4 is 4.74 Å². The Balaban J connectivity index is 1.43. The van der Waals surface area contributed by atoms with E-state index in [0.717, 1.165) is 16.7 Å². The summed E-state index contributed by atoms with van der Waals surface area (Å²) in [4.78, 5) is 21.7. The summed E-state index contributed by atoms with van der Waals surface area (Å²) in [6, 6.07) is 26.6. The molecule has 0 atom stereocenters. The van der Waals surface area contributed by atoms with E-state index in [1.807, 2.05) is 73.7 Å². The molecule has 7 nitrogen and oxygen atoms in total. The molecule has 0 unspecified atom stereocenters. The molecule has 4 aromatic carbocycles. The molecule has 6 aromatic rings. The normalized spacial score (nSPS) is 11.2. The van der Waals surface area contributed by atoms with E-state index in [-0.39, 0.29) is 0 Å². The third-order valence-electron chi connectivity index (χ3n) is 6.16. The van der Waals surface area contributed by atoms with Gasteiger partial charge < -0.3 is 18.3 Å².